The third-order valence-corrected chi connectivity index (χ3v) is 5.95. The summed E-state index contributed by atoms with van der Waals surface area (Å²) in [6.07, 6.45) is 2.84. The van der Waals surface area contributed by atoms with Gasteiger partial charge in [-0.25, -0.2) is 4.79 Å². The van der Waals surface area contributed by atoms with Crippen molar-refractivity contribution in [1.29, 1.82) is 0 Å². The van der Waals surface area contributed by atoms with E-state index in [1.807, 2.05) is 56.9 Å². The number of hydrogen-bond donors (Lipinski definition) is 3. The molecule has 0 spiro atoms. The van der Waals surface area contributed by atoms with E-state index < -0.39 is 11.7 Å². The number of methoxy groups -OCH3 is 1. The van der Waals surface area contributed by atoms with Gasteiger partial charge >= 0.3 is 6.09 Å². The first-order valence-corrected chi connectivity index (χ1v) is 11.6. The Balaban J connectivity index is 1.58. The average molecular weight is 447 g/mol. The molecule has 3 unspecified atom stereocenters. The van der Waals surface area contributed by atoms with Gasteiger partial charge in [0.25, 0.3) is 0 Å². The number of piperidine rings is 1. The van der Waals surface area contributed by atoms with Gasteiger partial charge in [0.15, 0.2) is 5.96 Å². The highest BCUT2D eigenvalue weighted by Crippen LogP contribution is 2.36. The summed E-state index contributed by atoms with van der Waals surface area (Å²) < 4.78 is 10.8. The molecule has 3 N–H and O–H groups in total. The Morgan fingerprint density at radius 3 is 2.38 bits per heavy atom. The van der Waals surface area contributed by atoms with Gasteiger partial charge in [-0.3, -0.25) is 4.99 Å². The van der Waals surface area contributed by atoms with E-state index in [2.05, 4.69) is 15.6 Å². The number of amides is 1. The fraction of sp³-hybridized carbons (Fsp3) is 0.667. The second kappa shape index (κ2) is 10.4. The number of rotatable bonds is 6. The van der Waals surface area contributed by atoms with Crippen LogP contribution in [-0.4, -0.2) is 66.0 Å². The van der Waals surface area contributed by atoms with E-state index in [9.17, 15) is 9.90 Å². The molecule has 2 fully saturated rings. The number of aliphatic hydroxyl groups is 1. The lowest BCUT2D eigenvalue weighted by Crippen LogP contribution is -2.55. The van der Waals surface area contributed by atoms with Gasteiger partial charge in [0.2, 0.25) is 0 Å². The maximum atomic E-state index is 12.7. The monoisotopic (exact) mass is 446 g/mol. The quantitative estimate of drug-likeness (QED) is 0.459. The van der Waals surface area contributed by atoms with Gasteiger partial charge in [0, 0.05) is 24.7 Å². The van der Waals surface area contributed by atoms with Crippen LogP contribution in [0, 0.1) is 0 Å². The third kappa shape index (κ3) is 6.28. The molecular formula is C24H38N4O4. The van der Waals surface area contributed by atoms with Gasteiger partial charge in [-0.15, -0.1) is 0 Å². The number of benzene rings is 1. The van der Waals surface area contributed by atoms with Crippen molar-refractivity contribution in [2.75, 3.05) is 20.2 Å². The normalized spacial score (nSPS) is 24.1. The first-order chi connectivity index (χ1) is 15.2. The van der Waals surface area contributed by atoms with Crippen LogP contribution in [0.25, 0.3) is 0 Å². The molecule has 1 amide bonds. The van der Waals surface area contributed by atoms with Crippen molar-refractivity contribution in [3.05, 3.63) is 29.8 Å². The summed E-state index contributed by atoms with van der Waals surface area (Å²) in [5, 5.41) is 17.3. The number of fused-ring (bicyclic) bond motifs is 2. The van der Waals surface area contributed by atoms with Crippen LogP contribution in [-0.2, 0) is 4.74 Å². The molecule has 3 atom stereocenters. The smallest absolute Gasteiger partial charge is 0.410 e. The molecule has 1 aromatic carbocycles. The zero-order chi connectivity index (χ0) is 23.3. The maximum absolute atomic E-state index is 12.7. The topological polar surface area (TPSA) is 95.4 Å². The minimum atomic E-state index is -0.693. The number of hydrogen-bond acceptors (Lipinski definition) is 5. The molecule has 2 aliphatic heterocycles. The third-order valence-electron chi connectivity index (χ3n) is 5.95. The Morgan fingerprint density at radius 1 is 1.22 bits per heavy atom. The average Bonchev–Trinajstić information content (AvgIpc) is 3.01. The molecule has 8 heteroatoms. The minimum absolute atomic E-state index is 0.189. The predicted molar refractivity (Wildman–Crippen MR) is 125 cm³/mol. The summed E-state index contributed by atoms with van der Waals surface area (Å²) in [6, 6.07) is 7.97. The highest BCUT2D eigenvalue weighted by Gasteiger charge is 2.45. The number of carbonyl (C=O) groups excluding carboxylic acids is 1. The largest absolute Gasteiger partial charge is 0.497 e. The standard InChI is InChI=1S/C24H38N4O4/c1-6-25-22(26-15-21(29)16-7-11-20(31-5)12-8-16)27-17-13-18-9-10-19(14-17)28(18)23(30)32-24(2,3)4/h7-8,11-12,17-19,21,29H,6,9-10,13-15H2,1-5H3,(H2,25,26,27). The number of nitrogens with one attached hydrogen (secondary N) is 2. The molecule has 2 bridgehead atoms. The van der Waals surface area contributed by atoms with Gasteiger partial charge in [0.05, 0.1) is 19.8 Å². The fourth-order valence-electron chi connectivity index (χ4n) is 4.53. The molecule has 2 heterocycles. The summed E-state index contributed by atoms with van der Waals surface area (Å²) in [5.41, 5.74) is 0.315. The van der Waals surface area contributed by atoms with E-state index in [0.29, 0.717) is 5.96 Å². The summed E-state index contributed by atoms with van der Waals surface area (Å²) in [7, 11) is 1.62. The number of nitrogens with zero attached hydrogens (tertiary/aromatic N) is 2. The van der Waals surface area contributed by atoms with E-state index in [4.69, 9.17) is 9.47 Å². The first kappa shape index (κ1) is 24.2. The number of aliphatic hydroxyl groups excluding tert-OH is 1. The Labute approximate surface area is 191 Å². The van der Waals surface area contributed by atoms with Crippen molar-refractivity contribution in [3.8, 4) is 5.75 Å². The van der Waals surface area contributed by atoms with E-state index in [0.717, 1.165) is 43.5 Å². The lowest BCUT2D eigenvalue weighted by molar-refractivity contribution is 0.00544. The molecule has 0 saturated carbocycles. The number of ether oxygens (including phenoxy) is 2. The molecule has 0 radical (unpaired) electrons. The van der Waals surface area contributed by atoms with E-state index in [1.54, 1.807) is 7.11 Å². The Bertz CT molecular complexity index is 776. The Morgan fingerprint density at radius 2 is 1.84 bits per heavy atom. The highest BCUT2D eigenvalue weighted by molar-refractivity contribution is 5.80. The van der Waals surface area contributed by atoms with Crippen molar-refractivity contribution < 1.29 is 19.4 Å². The molecule has 0 aromatic heterocycles. The van der Waals surface area contributed by atoms with E-state index in [-0.39, 0.29) is 30.8 Å². The zero-order valence-electron chi connectivity index (χ0n) is 19.9. The lowest BCUT2D eigenvalue weighted by Gasteiger charge is -2.40. The molecule has 2 saturated heterocycles. The highest BCUT2D eigenvalue weighted by atomic mass is 16.6. The summed E-state index contributed by atoms with van der Waals surface area (Å²) in [5.74, 6) is 1.45. The predicted octanol–water partition coefficient (Wildman–Crippen LogP) is 3.21. The molecule has 0 aliphatic carbocycles. The van der Waals surface area contributed by atoms with Crippen LogP contribution in [0.3, 0.4) is 0 Å². The van der Waals surface area contributed by atoms with Crippen LogP contribution in [0.2, 0.25) is 0 Å². The summed E-state index contributed by atoms with van der Waals surface area (Å²) >= 11 is 0. The van der Waals surface area contributed by atoms with Gasteiger partial charge in [-0.1, -0.05) is 12.1 Å². The van der Waals surface area contributed by atoms with Gasteiger partial charge in [0.1, 0.15) is 11.4 Å². The molecule has 8 nitrogen and oxygen atoms in total. The zero-order valence-corrected chi connectivity index (χ0v) is 19.9. The Kier molecular flexibility index (Phi) is 7.87. The maximum Gasteiger partial charge on any atom is 0.410 e. The Hall–Kier alpha value is -2.48. The summed E-state index contributed by atoms with van der Waals surface area (Å²) in [6.45, 7) is 8.72. The molecule has 3 rings (SSSR count). The van der Waals surface area contributed by atoms with Crippen molar-refractivity contribution in [2.24, 2.45) is 4.99 Å². The van der Waals surface area contributed by atoms with Crippen molar-refractivity contribution in [1.82, 2.24) is 15.5 Å². The lowest BCUT2D eigenvalue weighted by atomic mass is 9.98. The molecule has 1 aromatic rings. The SMILES string of the molecule is CCNC(=NCC(O)c1ccc(OC)cc1)NC1CC2CCC(C1)N2C(=O)OC(C)(C)C. The number of guanidine groups is 1. The molecule has 2 aliphatic rings. The van der Waals surface area contributed by atoms with Crippen LogP contribution in [0.1, 0.15) is 65.0 Å². The number of carbonyl (C=O) groups is 1. The van der Waals surface area contributed by atoms with Crippen molar-refractivity contribution in [3.63, 3.8) is 0 Å². The second-order valence-corrected chi connectivity index (χ2v) is 9.59. The molecular weight excluding hydrogens is 408 g/mol. The van der Waals surface area contributed by atoms with Crippen LogP contribution in [0.15, 0.2) is 29.3 Å². The van der Waals surface area contributed by atoms with Crippen LogP contribution >= 0.6 is 0 Å². The first-order valence-electron chi connectivity index (χ1n) is 11.6. The van der Waals surface area contributed by atoms with Crippen LogP contribution in [0.4, 0.5) is 4.79 Å². The fourth-order valence-corrected chi connectivity index (χ4v) is 4.53. The van der Waals surface area contributed by atoms with Gasteiger partial charge < -0.3 is 30.1 Å². The second-order valence-electron chi connectivity index (χ2n) is 9.59. The van der Waals surface area contributed by atoms with Crippen LogP contribution in [0.5, 0.6) is 5.75 Å². The van der Waals surface area contributed by atoms with Gasteiger partial charge in [-0.2, -0.15) is 0 Å². The van der Waals surface area contributed by atoms with Crippen molar-refractivity contribution >= 4 is 12.1 Å². The minimum Gasteiger partial charge on any atom is -0.497 e. The molecule has 178 valence electrons. The van der Waals surface area contributed by atoms with E-state index in [1.165, 1.54) is 0 Å². The van der Waals surface area contributed by atoms with Crippen molar-refractivity contribution in [2.45, 2.75) is 83.2 Å². The van der Waals surface area contributed by atoms with Crippen LogP contribution < -0.4 is 15.4 Å². The summed E-state index contributed by atoms with van der Waals surface area (Å²) in [4.78, 5) is 19.2. The van der Waals surface area contributed by atoms with Gasteiger partial charge in [-0.05, 0) is 71.1 Å². The number of aliphatic imine (C=N–C) groups is 1. The molecule has 32 heavy (non-hydrogen) atoms. The van der Waals surface area contributed by atoms with E-state index >= 15 is 0 Å².